The van der Waals surface area contributed by atoms with Crippen molar-refractivity contribution >= 4 is 50.4 Å². The van der Waals surface area contributed by atoms with Crippen LogP contribution in [0.25, 0.3) is 6.08 Å². The van der Waals surface area contributed by atoms with E-state index in [0.717, 1.165) is 17.3 Å². The van der Waals surface area contributed by atoms with Gasteiger partial charge in [-0.05, 0) is 67.6 Å². The molecule has 0 aromatic heterocycles. The van der Waals surface area contributed by atoms with E-state index in [1.165, 1.54) is 43.0 Å². The Morgan fingerprint density at radius 3 is 2.37 bits per heavy atom. The van der Waals surface area contributed by atoms with Crippen LogP contribution >= 0.6 is 11.8 Å². The van der Waals surface area contributed by atoms with Crippen LogP contribution in [0, 0.1) is 24.0 Å². The Hall–Kier alpha value is -3.96. The van der Waals surface area contributed by atoms with Gasteiger partial charge in [-0.3, -0.25) is 14.9 Å². The maximum Gasteiger partial charge on any atom is 0.339 e. The molecule has 0 unspecified atom stereocenters. The third-order valence-electron chi connectivity index (χ3n) is 4.97. The van der Waals surface area contributed by atoms with E-state index in [1.54, 1.807) is 18.2 Å². The molecule has 0 saturated carbocycles. The molecule has 0 radical (unpaired) electrons. The highest BCUT2D eigenvalue weighted by Crippen LogP contribution is 2.29. The molecule has 11 heteroatoms. The van der Waals surface area contributed by atoms with E-state index in [1.807, 2.05) is 31.2 Å². The summed E-state index contributed by atoms with van der Waals surface area (Å²) in [4.78, 5) is 27.3. The zero-order valence-electron chi connectivity index (χ0n) is 18.6. The van der Waals surface area contributed by atoms with E-state index in [-0.39, 0.29) is 22.2 Å². The largest absolute Gasteiger partial charge is 0.379 e. The Morgan fingerprint density at radius 1 is 1.03 bits per heavy atom. The summed E-state index contributed by atoms with van der Waals surface area (Å²) >= 11 is 1.20. The zero-order chi connectivity index (χ0) is 25.2. The Labute approximate surface area is 205 Å². The highest BCUT2D eigenvalue weighted by atomic mass is 32.2. The summed E-state index contributed by atoms with van der Waals surface area (Å²) in [6.07, 6.45) is 1.65. The monoisotopic (exact) mass is 509 g/mol. The predicted molar refractivity (Wildman–Crippen MR) is 134 cm³/mol. The van der Waals surface area contributed by atoms with Crippen LogP contribution in [-0.2, 0) is 14.9 Å². The van der Waals surface area contributed by atoms with Crippen molar-refractivity contribution in [3.63, 3.8) is 0 Å². The summed E-state index contributed by atoms with van der Waals surface area (Å²) in [5, 5.41) is 14.3. The van der Waals surface area contributed by atoms with Crippen LogP contribution < -0.4 is 9.50 Å². The Balaban J connectivity index is 1.48. The van der Waals surface area contributed by atoms with E-state index < -0.39 is 15.0 Å². The molecule has 0 aliphatic carbocycles. The number of nitro benzene ring substituents is 1. The Kier molecular flexibility index (Phi) is 6.72. The zero-order valence-corrected chi connectivity index (χ0v) is 20.2. The summed E-state index contributed by atoms with van der Waals surface area (Å²) in [5.74, 6) is -0.259. The highest BCUT2D eigenvalue weighted by Gasteiger charge is 2.24. The number of hydrogen-bond acceptors (Lipinski definition) is 8. The van der Waals surface area contributed by atoms with Gasteiger partial charge in [0.05, 0.1) is 15.5 Å². The first kappa shape index (κ1) is 24.2. The van der Waals surface area contributed by atoms with Crippen LogP contribution in [0.3, 0.4) is 0 Å². The lowest BCUT2D eigenvalue weighted by Gasteiger charge is -2.08. The number of aryl methyl sites for hydroxylation is 2. The molecule has 1 heterocycles. The fourth-order valence-corrected chi connectivity index (χ4v) is 4.90. The van der Waals surface area contributed by atoms with Crippen LogP contribution in [0.15, 0.2) is 81.5 Å². The molecule has 1 saturated heterocycles. The molecular weight excluding hydrogens is 490 g/mol. The minimum Gasteiger partial charge on any atom is -0.379 e. The van der Waals surface area contributed by atoms with Crippen molar-refractivity contribution in [1.29, 1.82) is 0 Å². The summed E-state index contributed by atoms with van der Waals surface area (Å²) < 4.78 is 30.3. The molecule has 1 N–H and O–H groups in total. The minimum absolute atomic E-state index is 0.0283. The second-order valence-corrected chi connectivity index (χ2v) is 10.2. The first-order chi connectivity index (χ1) is 16.6. The summed E-state index contributed by atoms with van der Waals surface area (Å²) in [5.41, 5.74) is 2.51. The fourth-order valence-electron chi connectivity index (χ4n) is 3.10. The van der Waals surface area contributed by atoms with Crippen LogP contribution in [0.1, 0.15) is 16.7 Å². The highest BCUT2D eigenvalue weighted by molar-refractivity contribution is 8.18. The lowest BCUT2D eigenvalue weighted by atomic mass is 10.2. The number of carbonyl (C=O) groups is 1. The second kappa shape index (κ2) is 9.72. The van der Waals surface area contributed by atoms with Crippen molar-refractivity contribution in [2.75, 3.05) is 0 Å². The number of carbonyl (C=O) groups excluding carboxylic acids is 1. The number of nitrogens with one attached hydrogen (secondary N) is 1. The maximum atomic E-state index is 12.6. The van der Waals surface area contributed by atoms with Gasteiger partial charge < -0.3 is 9.50 Å². The number of nitrogens with zero attached hydrogens (tertiary/aromatic N) is 2. The molecule has 0 bridgehead atoms. The molecule has 9 nitrogen and oxygen atoms in total. The third-order valence-corrected chi connectivity index (χ3v) is 7.12. The quantitative estimate of drug-likeness (QED) is 0.217. The molecular formula is C24H19N3O6S2. The molecule has 1 aliphatic rings. The van der Waals surface area contributed by atoms with Crippen LogP contribution in [0.2, 0.25) is 0 Å². The van der Waals surface area contributed by atoms with Gasteiger partial charge in [-0.15, -0.1) is 0 Å². The minimum atomic E-state index is -4.27. The fraction of sp³-hybridized carbons (Fsp3) is 0.0833. The van der Waals surface area contributed by atoms with Gasteiger partial charge >= 0.3 is 10.1 Å². The molecule has 1 amide bonds. The number of amidine groups is 1. The van der Waals surface area contributed by atoms with Gasteiger partial charge in [-0.1, -0.05) is 35.9 Å². The predicted octanol–water partition coefficient (Wildman–Crippen LogP) is 4.87. The number of hydrogen-bond donors (Lipinski definition) is 1. The Bertz CT molecular complexity index is 1480. The molecule has 0 atom stereocenters. The van der Waals surface area contributed by atoms with Gasteiger partial charge in [0.2, 0.25) is 0 Å². The molecule has 35 heavy (non-hydrogen) atoms. The molecule has 0 spiro atoms. The number of thioether (sulfide) groups is 1. The van der Waals surface area contributed by atoms with Gasteiger partial charge in [0, 0.05) is 11.6 Å². The van der Waals surface area contributed by atoms with E-state index in [2.05, 4.69) is 10.3 Å². The van der Waals surface area contributed by atoms with Crippen molar-refractivity contribution in [1.82, 2.24) is 5.32 Å². The van der Waals surface area contributed by atoms with Crippen molar-refractivity contribution in [3.8, 4) is 5.75 Å². The second-order valence-electron chi connectivity index (χ2n) is 7.63. The van der Waals surface area contributed by atoms with E-state index in [0.29, 0.717) is 21.2 Å². The van der Waals surface area contributed by atoms with Gasteiger partial charge in [0.1, 0.15) is 10.6 Å². The van der Waals surface area contributed by atoms with E-state index in [4.69, 9.17) is 4.18 Å². The first-order valence-electron chi connectivity index (χ1n) is 10.3. The summed E-state index contributed by atoms with van der Waals surface area (Å²) in [7, 11) is -4.27. The molecule has 3 aromatic carbocycles. The third kappa shape index (κ3) is 5.76. The van der Waals surface area contributed by atoms with Crippen LogP contribution in [0.5, 0.6) is 5.75 Å². The van der Waals surface area contributed by atoms with Crippen molar-refractivity contribution in [3.05, 3.63) is 98.4 Å². The normalized spacial score (nSPS) is 15.9. The van der Waals surface area contributed by atoms with Crippen molar-refractivity contribution < 1.29 is 22.3 Å². The van der Waals surface area contributed by atoms with Crippen LogP contribution in [0.4, 0.5) is 11.4 Å². The SMILES string of the molecule is Cc1ccc(N=C2NC(=O)/C(=C/c3ccc(OS(=O)(=O)c4ccc(C)c([N+](=O)[O-])c4)cc3)S2)cc1. The number of rotatable bonds is 6. The molecule has 178 valence electrons. The molecule has 1 aliphatic heterocycles. The number of amides is 1. The summed E-state index contributed by atoms with van der Waals surface area (Å²) in [6, 6.07) is 17.2. The maximum absolute atomic E-state index is 12.6. The van der Waals surface area contributed by atoms with Gasteiger partial charge in [-0.2, -0.15) is 8.42 Å². The summed E-state index contributed by atoms with van der Waals surface area (Å²) in [6.45, 7) is 3.49. The first-order valence-corrected chi connectivity index (χ1v) is 12.5. The molecule has 4 rings (SSSR count). The molecule has 3 aromatic rings. The lowest BCUT2D eigenvalue weighted by molar-refractivity contribution is -0.385. The standard InChI is InChI=1S/C24H19N3O6S2/c1-15-3-8-18(9-4-15)25-24-26-23(28)22(34-24)13-17-6-10-19(11-7-17)33-35(31,32)20-12-5-16(2)21(14-20)27(29)30/h3-14H,1-2H3,(H,25,26,28)/b22-13-. The smallest absolute Gasteiger partial charge is 0.339 e. The lowest BCUT2D eigenvalue weighted by Crippen LogP contribution is -2.19. The number of benzene rings is 3. The van der Waals surface area contributed by atoms with Crippen LogP contribution in [-0.4, -0.2) is 24.4 Å². The van der Waals surface area contributed by atoms with E-state index >= 15 is 0 Å². The van der Waals surface area contributed by atoms with Gasteiger partial charge in [-0.25, -0.2) is 4.99 Å². The average Bonchev–Trinajstić information content (AvgIpc) is 3.14. The van der Waals surface area contributed by atoms with Gasteiger partial charge in [0.25, 0.3) is 11.6 Å². The Morgan fingerprint density at radius 2 is 1.71 bits per heavy atom. The average molecular weight is 510 g/mol. The van der Waals surface area contributed by atoms with Gasteiger partial charge in [0.15, 0.2) is 5.17 Å². The van der Waals surface area contributed by atoms with E-state index in [9.17, 15) is 23.3 Å². The number of nitro groups is 1. The van der Waals surface area contributed by atoms with Crippen molar-refractivity contribution in [2.24, 2.45) is 4.99 Å². The number of aliphatic imine (C=N–C) groups is 1. The molecule has 1 fully saturated rings. The van der Waals surface area contributed by atoms with Crippen molar-refractivity contribution in [2.45, 2.75) is 18.7 Å². The topological polar surface area (TPSA) is 128 Å².